The molecule has 1 N–H and O–H groups in total. The van der Waals surface area contributed by atoms with Crippen molar-refractivity contribution in [3.63, 3.8) is 0 Å². The van der Waals surface area contributed by atoms with Gasteiger partial charge in [0.2, 0.25) is 17.7 Å². The first-order valence-corrected chi connectivity index (χ1v) is 9.63. The SMILES string of the molecule is O=C(CCc1ccccc1)n1nc(-c2ccco2)nc1NCc1ccc(Cl)cc1. The molecule has 0 saturated carbocycles. The summed E-state index contributed by atoms with van der Waals surface area (Å²) in [5.41, 5.74) is 2.11. The van der Waals surface area contributed by atoms with Gasteiger partial charge in [-0.2, -0.15) is 9.67 Å². The maximum Gasteiger partial charge on any atom is 0.250 e. The van der Waals surface area contributed by atoms with Gasteiger partial charge in [0.1, 0.15) is 0 Å². The van der Waals surface area contributed by atoms with Gasteiger partial charge in [-0.3, -0.25) is 4.79 Å². The Morgan fingerprint density at radius 3 is 2.52 bits per heavy atom. The second-order valence-electron chi connectivity index (χ2n) is 6.51. The fraction of sp³-hybridized carbons (Fsp3) is 0.136. The number of nitrogens with zero attached hydrogens (tertiary/aromatic N) is 3. The standard InChI is InChI=1S/C22H19ClN4O2/c23-18-11-8-17(9-12-18)15-24-22-25-21(19-7-4-14-29-19)26-27(22)20(28)13-10-16-5-2-1-3-6-16/h1-9,11-12,14H,10,13,15H2,(H,24,25,26). The van der Waals surface area contributed by atoms with Crippen molar-refractivity contribution in [1.82, 2.24) is 14.8 Å². The number of furan rings is 1. The van der Waals surface area contributed by atoms with Gasteiger partial charge in [-0.15, -0.1) is 5.10 Å². The van der Waals surface area contributed by atoms with E-state index in [4.69, 9.17) is 16.0 Å². The van der Waals surface area contributed by atoms with Gasteiger partial charge in [0.05, 0.1) is 6.26 Å². The molecule has 0 saturated heterocycles. The molecule has 4 aromatic rings. The third-order valence-electron chi connectivity index (χ3n) is 4.42. The molecular weight excluding hydrogens is 388 g/mol. The lowest BCUT2D eigenvalue weighted by Crippen LogP contribution is -2.17. The van der Waals surface area contributed by atoms with E-state index in [1.54, 1.807) is 18.4 Å². The summed E-state index contributed by atoms with van der Waals surface area (Å²) in [5, 5.41) is 8.24. The fourth-order valence-electron chi connectivity index (χ4n) is 2.90. The Morgan fingerprint density at radius 1 is 1.00 bits per heavy atom. The maximum absolute atomic E-state index is 12.9. The molecule has 146 valence electrons. The van der Waals surface area contributed by atoms with Crippen LogP contribution in [0.1, 0.15) is 22.3 Å². The van der Waals surface area contributed by atoms with E-state index in [9.17, 15) is 4.79 Å². The molecule has 4 rings (SSSR count). The second kappa shape index (κ2) is 8.75. The number of benzene rings is 2. The normalized spacial score (nSPS) is 10.8. The first kappa shape index (κ1) is 19.0. The topological polar surface area (TPSA) is 73.0 Å². The predicted molar refractivity (Wildman–Crippen MR) is 112 cm³/mol. The van der Waals surface area contributed by atoms with Gasteiger partial charge in [0, 0.05) is 18.0 Å². The van der Waals surface area contributed by atoms with Crippen LogP contribution in [0.3, 0.4) is 0 Å². The van der Waals surface area contributed by atoms with E-state index in [0.29, 0.717) is 41.9 Å². The van der Waals surface area contributed by atoms with Crippen LogP contribution < -0.4 is 5.32 Å². The van der Waals surface area contributed by atoms with E-state index in [-0.39, 0.29) is 5.91 Å². The molecule has 29 heavy (non-hydrogen) atoms. The monoisotopic (exact) mass is 406 g/mol. The van der Waals surface area contributed by atoms with Crippen molar-refractivity contribution in [2.24, 2.45) is 0 Å². The molecule has 0 unspecified atom stereocenters. The largest absolute Gasteiger partial charge is 0.461 e. The van der Waals surface area contributed by atoms with Crippen LogP contribution in [-0.2, 0) is 13.0 Å². The van der Waals surface area contributed by atoms with Crippen LogP contribution in [0.25, 0.3) is 11.6 Å². The van der Waals surface area contributed by atoms with E-state index in [0.717, 1.165) is 11.1 Å². The Balaban J connectivity index is 1.53. The average Bonchev–Trinajstić information content (AvgIpc) is 3.42. The maximum atomic E-state index is 12.9. The van der Waals surface area contributed by atoms with E-state index in [2.05, 4.69) is 15.4 Å². The summed E-state index contributed by atoms with van der Waals surface area (Å²) in [5.74, 6) is 1.11. The molecule has 2 aromatic carbocycles. The smallest absolute Gasteiger partial charge is 0.250 e. The molecule has 0 bridgehead atoms. The van der Waals surface area contributed by atoms with Crippen molar-refractivity contribution in [2.45, 2.75) is 19.4 Å². The van der Waals surface area contributed by atoms with Crippen LogP contribution in [0.2, 0.25) is 5.02 Å². The fourth-order valence-corrected chi connectivity index (χ4v) is 3.02. The Morgan fingerprint density at radius 2 is 1.79 bits per heavy atom. The first-order valence-electron chi connectivity index (χ1n) is 9.25. The molecule has 0 radical (unpaired) electrons. The Kier molecular flexibility index (Phi) is 5.72. The average molecular weight is 407 g/mol. The van der Waals surface area contributed by atoms with E-state index in [1.165, 1.54) is 4.68 Å². The molecule has 0 atom stereocenters. The summed E-state index contributed by atoms with van der Waals surface area (Å²) in [4.78, 5) is 17.3. The highest BCUT2D eigenvalue weighted by atomic mass is 35.5. The lowest BCUT2D eigenvalue weighted by molar-refractivity contribution is 0.0890. The Hall–Kier alpha value is -3.38. The quantitative estimate of drug-likeness (QED) is 0.463. The van der Waals surface area contributed by atoms with Crippen LogP contribution in [0.15, 0.2) is 77.4 Å². The van der Waals surface area contributed by atoms with Gasteiger partial charge in [0.15, 0.2) is 5.76 Å². The van der Waals surface area contributed by atoms with Crippen molar-refractivity contribution in [3.8, 4) is 11.6 Å². The number of hydrogen-bond acceptors (Lipinski definition) is 5. The number of nitrogens with one attached hydrogen (secondary N) is 1. The summed E-state index contributed by atoms with van der Waals surface area (Å²) in [6.07, 6.45) is 2.50. The van der Waals surface area contributed by atoms with Crippen molar-refractivity contribution in [2.75, 3.05) is 5.32 Å². The van der Waals surface area contributed by atoms with Crippen molar-refractivity contribution < 1.29 is 9.21 Å². The number of carbonyl (C=O) groups excluding carboxylic acids is 1. The van der Waals surface area contributed by atoms with Crippen LogP contribution in [0, 0.1) is 0 Å². The van der Waals surface area contributed by atoms with Gasteiger partial charge in [0.25, 0.3) is 0 Å². The van der Waals surface area contributed by atoms with Gasteiger partial charge >= 0.3 is 0 Å². The molecule has 0 aliphatic carbocycles. The van der Waals surface area contributed by atoms with Gasteiger partial charge < -0.3 is 9.73 Å². The minimum absolute atomic E-state index is 0.141. The van der Waals surface area contributed by atoms with E-state index in [1.807, 2.05) is 54.6 Å². The summed E-state index contributed by atoms with van der Waals surface area (Å²) in [7, 11) is 0. The summed E-state index contributed by atoms with van der Waals surface area (Å²) < 4.78 is 6.70. The highest BCUT2D eigenvalue weighted by Crippen LogP contribution is 2.20. The Bertz CT molecular complexity index is 1070. The number of anilines is 1. The first-order chi connectivity index (χ1) is 14.2. The molecule has 2 heterocycles. The highest BCUT2D eigenvalue weighted by molar-refractivity contribution is 6.30. The zero-order valence-electron chi connectivity index (χ0n) is 15.6. The molecular formula is C22H19ClN4O2. The number of aromatic nitrogens is 3. The van der Waals surface area contributed by atoms with Crippen LogP contribution >= 0.6 is 11.6 Å². The highest BCUT2D eigenvalue weighted by Gasteiger charge is 2.18. The van der Waals surface area contributed by atoms with Crippen molar-refractivity contribution in [3.05, 3.63) is 89.1 Å². The lowest BCUT2D eigenvalue weighted by Gasteiger charge is -2.07. The third-order valence-corrected chi connectivity index (χ3v) is 4.67. The Labute approximate surface area is 173 Å². The minimum Gasteiger partial charge on any atom is -0.461 e. The number of hydrogen-bond donors (Lipinski definition) is 1. The molecule has 0 spiro atoms. The number of halogens is 1. The van der Waals surface area contributed by atoms with Crippen LogP contribution in [0.5, 0.6) is 0 Å². The van der Waals surface area contributed by atoms with Gasteiger partial charge in [-0.1, -0.05) is 54.1 Å². The number of carbonyl (C=O) groups is 1. The van der Waals surface area contributed by atoms with Gasteiger partial charge in [-0.05, 0) is 41.8 Å². The molecule has 0 aliphatic rings. The van der Waals surface area contributed by atoms with E-state index >= 15 is 0 Å². The zero-order valence-corrected chi connectivity index (χ0v) is 16.3. The molecule has 0 aliphatic heterocycles. The predicted octanol–water partition coefficient (Wildman–Crippen LogP) is 5.08. The lowest BCUT2D eigenvalue weighted by atomic mass is 10.1. The number of rotatable bonds is 7. The molecule has 0 fully saturated rings. The van der Waals surface area contributed by atoms with E-state index < -0.39 is 0 Å². The zero-order chi connectivity index (χ0) is 20.1. The number of aryl methyl sites for hydroxylation is 1. The summed E-state index contributed by atoms with van der Waals surface area (Å²) >= 11 is 5.94. The molecule has 6 nitrogen and oxygen atoms in total. The molecule has 0 amide bonds. The van der Waals surface area contributed by atoms with Crippen molar-refractivity contribution >= 4 is 23.5 Å². The second-order valence-corrected chi connectivity index (χ2v) is 6.94. The summed E-state index contributed by atoms with van der Waals surface area (Å²) in [6.45, 7) is 0.486. The van der Waals surface area contributed by atoms with Crippen molar-refractivity contribution in [1.29, 1.82) is 0 Å². The third kappa shape index (κ3) is 4.73. The molecule has 7 heteroatoms. The van der Waals surface area contributed by atoms with Gasteiger partial charge in [-0.25, -0.2) is 0 Å². The minimum atomic E-state index is -0.141. The summed E-state index contributed by atoms with van der Waals surface area (Å²) in [6, 6.07) is 20.9. The van der Waals surface area contributed by atoms with Crippen LogP contribution in [-0.4, -0.2) is 20.7 Å². The van der Waals surface area contributed by atoms with Crippen LogP contribution in [0.4, 0.5) is 5.95 Å². The molecule has 2 aromatic heterocycles.